The first-order chi connectivity index (χ1) is 7.69. The molecule has 4 heteroatoms. The Kier molecular flexibility index (Phi) is 5.05. The smallest absolute Gasteiger partial charge is 0.161 e. The van der Waals surface area contributed by atoms with Gasteiger partial charge in [-0.15, -0.1) is 0 Å². The fourth-order valence-corrected chi connectivity index (χ4v) is 1.30. The number of aliphatic hydroxyl groups is 1. The molecule has 0 unspecified atom stereocenters. The monoisotopic (exact) mass is 228 g/mol. The highest BCUT2D eigenvalue weighted by atomic mass is 19.1. The van der Waals surface area contributed by atoms with E-state index in [1.165, 1.54) is 7.11 Å². The van der Waals surface area contributed by atoms with Gasteiger partial charge in [0, 0.05) is 6.42 Å². The third kappa shape index (κ3) is 3.38. The summed E-state index contributed by atoms with van der Waals surface area (Å²) in [6.07, 6.45) is -0.185. The molecule has 3 nitrogen and oxygen atoms in total. The van der Waals surface area contributed by atoms with Crippen LogP contribution in [0.1, 0.15) is 25.0 Å². The Labute approximate surface area is 94.8 Å². The molecule has 0 saturated heterocycles. The van der Waals surface area contributed by atoms with Crippen LogP contribution in [0.15, 0.2) is 18.2 Å². The van der Waals surface area contributed by atoms with E-state index in [1.54, 1.807) is 25.1 Å². The standard InChI is InChI=1S/C12H17FO3/c1-9(14)10-4-5-11(12(8-10)15-2)16-7-3-6-13/h4-5,8-9,14H,3,6-7H2,1-2H3/t9-/m1/s1. The summed E-state index contributed by atoms with van der Waals surface area (Å²) in [7, 11) is 1.53. The van der Waals surface area contributed by atoms with E-state index in [0.717, 1.165) is 5.56 Å². The molecule has 16 heavy (non-hydrogen) atoms. The van der Waals surface area contributed by atoms with E-state index >= 15 is 0 Å². The van der Waals surface area contributed by atoms with E-state index in [0.29, 0.717) is 24.5 Å². The molecule has 0 amide bonds. The van der Waals surface area contributed by atoms with Gasteiger partial charge in [0.2, 0.25) is 0 Å². The fourth-order valence-electron chi connectivity index (χ4n) is 1.30. The van der Waals surface area contributed by atoms with Gasteiger partial charge in [0.15, 0.2) is 11.5 Å². The third-order valence-electron chi connectivity index (χ3n) is 2.21. The average molecular weight is 228 g/mol. The summed E-state index contributed by atoms with van der Waals surface area (Å²) < 4.78 is 22.4. The van der Waals surface area contributed by atoms with Crippen LogP contribution in [-0.4, -0.2) is 25.5 Å². The predicted molar refractivity (Wildman–Crippen MR) is 59.7 cm³/mol. The zero-order valence-electron chi connectivity index (χ0n) is 9.57. The molecule has 90 valence electrons. The van der Waals surface area contributed by atoms with Crippen LogP contribution in [0.5, 0.6) is 11.5 Å². The van der Waals surface area contributed by atoms with Crippen molar-refractivity contribution in [1.82, 2.24) is 0 Å². The zero-order chi connectivity index (χ0) is 12.0. The topological polar surface area (TPSA) is 38.7 Å². The van der Waals surface area contributed by atoms with Crippen molar-refractivity contribution in [2.45, 2.75) is 19.4 Å². The van der Waals surface area contributed by atoms with Gasteiger partial charge in [-0.05, 0) is 24.6 Å². The van der Waals surface area contributed by atoms with E-state index in [4.69, 9.17) is 9.47 Å². The number of benzene rings is 1. The van der Waals surface area contributed by atoms with Crippen LogP contribution in [0.3, 0.4) is 0 Å². The van der Waals surface area contributed by atoms with Crippen LogP contribution in [0, 0.1) is 0 Å². The minimum Gasteiger partial charge on any atom is -0.493 e. The summed E-state index contributed by atoms with van der Waals surface area (Å²) in [4.78, 5) is 0. The van der Waals surface area contributed by atoms with Crippen molar-refractivity contribution in [2.75, 3.05) is 20.4 Å². The van der Waals surface area contributed by atoms with Gasteiger partial charge in [-0.2, -0.15) is 0 Å². The molecule has 0 aliphatic carbocycles. The maximum atomic E-state index is 11.9. The van der Waals surface area contributed by atoms with Crippen molar-refractivity contribution in [2.24, 2.45) is 0 Å². The minimum atomic E-state index is -0.547. The molecule has 1 aromatic carbocycles. The Morgan fingerprint density at radius 2 is 2.12 bits per heavy atom. The molecule has 1 aromatic rings. The van der Waals surface area contributed by atoms with Gasteiger partial charge in [-0.1, -0.05) is 6.07 Å². The van der Waals surface area contributed by atoms with Crippen LogP contribution in [-0.2, 0) is 0 Å². The van der Waals surface area contributed by atoms with E-state index < -0.39 is 12.8 Å². The molecule has 0 aliphatic heterocycles. The average Bonchev–Trinajstić information content (AvgIpc) is 2.29. The van der Waals surface area contributed by atoms with Crippen LogP contribution >= 0.6 is 0 Å². The molecular formula is C12H17FO3. The first-order valence-electron chi connectivity index (χ1n) is 5.23. The lowest BCUT2D eigenvalue weighted by Gasteiger charge is -2.12. The number of aliphatic hydroxyl groups excluding tert-OH is 1. The molecule has 0 aliphatic rings. The van der Waals surface area contributed by atoms with Gasteiger partial charge < -0.3 is 14.6 Å². The van der Waals surface area contributed by atoms with E-state index in [1.807, 2.05) is 0 Å². The number of alkyl halides is 1. The number of hydrogen-bond donors (Lipinski definition) is 1. The summed E-state index contributed by atoms with van der Waals surface area (Å²) in [5.74, 6) is 1.12. The van der Waals surface area contributed by atoms with Gasteiger partial charge >= 0.3 is 0 Å². The predicted octanol–water partition coefficient (Wildman–Crippen LogP) is 2.49. The first-order valence-corrected chi connectivity index (χ1v) is 5.23. The second-order valence-corrected chi connectivity index (χ2v) is 3.48. The summed E-state index contributed by atoms with van der Waals surface area (Å²) in [5.41, 5.74) is 0.759. The van der Waals surface area contributed by atoms with E-state index in [2.05, 4.69) is 0 Å². The highest BCUT2D eigenvalue weighted by Crippen LogP contribution is 2.30. The van der Waals surface area contributed by atoms with Crippen LogP contribution < -0.4 is 9.47 Å². The third-order valence-corrected chi connectivity index (χ3v) is 2.21. The summed E-state index contributed by atoms with van der Waals surface area (Å²) in [6, 6.07) is 5.20. The Bertz CT molecular complexity index is 326. The Balaban J connectivity index is 2.76. The maximum Gasteiger partial charge on any atom is 0.161 e. The van der Waals surface area contributed by atoms with E-state index in [9.17, 15) is 9.50 Å². The highest BCUT2D eigenvalue weighted by Gasteiger charge is 2.08. The van der Waals surface area contributed by atoms with Crippen molar-refractivity contribution >= 4 is 0 Å². The quantitative estimate of drug-likeness (QED) is 0.760. The number of ether oxygens (including phenoxy) is 2. The normalized spacial score (nSPS) is 12.2. The van der Waals surface area contributed by atoms with Crippen molar-refractivity contribution in [1.29, 1.82) is 0 Å². The van der Waals surface area contributed by atoms with Crippen LogP contribution in [0.2, 0.25) is 0 Å². The molecule has 0 saturated carbocycles. The molecule has 1 N–H and O–H groups in total. The molecule has 0 radical (unpaired) electrons. The Morgan fingerprint density at radius 1 is 1.38 bits per heavy atom. The van der Waals surface area contributed by atoms with Crippen molar-refractivity contribution < 1.29 is 19.0 Å². The highest BCUT2D eigenvalue weighted by molar-refractivity contribution is 5.43. The maximum absolute atomic E-state index is 11.9. The summed E-state index contributed by atoms with van der Waals surface area (Å²) in [6.45, 7) is 1.60. The number of halogens is 1. The van der Waals surface area contributed by atoms with Gasteiger partial charge in [0.25, 0.3) is 0 Å². The van der Waals surface area contributed by atoms with Crippen LogP contribution in [0.4, 0.5) is 4.39 Å². The molecule has 0 aromatic heterocycles. The SMILES string of the molecule is COc1cc([C@@H](C)O)ccc1OCCCF. The van der Waals surface area contributed by atoms with Crippen LogP contribution in [0.25, 0.3) is 0 Å². The first kappa shape index (κ1) is 12.8. The Morgan fingerprint density at radius 3 is 2.69 bits per heavy atom. The molecular weight excluding hydrogens is 211 g/mol. The molecule has 0 fully saturated rings. The van der Waals surface area contributed by atoms with Gasteiger partial charge in [0.05, 0.1) is 26.5 Å². The largest absolute Gasteiger partial charge is 0.493 e. The van der Waals surface area contributed by atoms with Crippen molar-refractivity contribution in [3.63, 3.8) is 0 Å². The number of hydrogen-bond acceptors (Lipinski definition) is 3. The molecule has 1 atom stereocenters. The molecule has 0 spiro atoms. The second kappa shape index (κ2) is 6.33. The second-order valence-electron chi connectivity index (χ2n) is 3.48. The minimum absolute atomic E-state index is 0.320. The van der Waals surface area contributed by atoms with E-state index in [-0.39, 0.29) is 0 Å². The van der Waals surface area contributed by atoms with Crippen molar-refractivity contribution in [3.8, 4) is 11.5 Å². The van der Waals surface area contributed by atoms with Gasteiger partial charge in [-0.25, -0.2) is 0 Å². The Hall–Kier alpha value is -1.29. The lowest BCUT2D eigenvalue weighted by Crippen LogP contribution is -2.01. The van der Waals surface area contributed by atoms with Crippen molar-refractivity contribution in [3.05, 3.63) is 23.8 Å². The van der Waals surface area contributed by atoms with Gasteiger partial charge in [0.1, 0.15) is 0 Å². The summed E-state index contributed by atoms with van der Waals surface area (Å²) in [5, 5.41) is 9.40. The zero-order valence-corrected chi connectivity index (χ0v) is 9.57. The molecule has 0 heterocycles. The fraction of sp³-hybridized carbons (Fsp3) is 0.500. The van der Waals surface area contributed by atoms with Gasteiger partial charge in [-0.3, -0.25) is 4.39 Å². The number of methoxy groups -OCH3 is 1. The lowest BCUT2D eigenvalue weighted by atomic mass is 10.1. The number of rotatable bonds is 6. The molecule has 0 bridgehead atoms. The lowest BCUT2D eigenvalue weighted by molar-refractivity contribution is 0.198. The summed E-state index contributed by atoms with van der Waals surface area (Å²) >= 11 is 0. The molecule has 1 rings (SSSR count).